The molecule has 0 unspecified atom stereocenters. The van der Waals surface area contributed by atoms with Crippen molar-refractivity contribution in [2.24, 2.45) is 10.9 Å². The molecule has 2 rings (SSSR count). The Labute approximate surface area is 126 Å². The molecular formula is C15H15BrN2O2. The van der Waals surface area contributed by atoms with Crippen LogP contribution < -0.4 is 5.73 Å². The zero-order chi connectivity index (χ0) is 14.4. The quantitative estimate of drug-likeness (QED) is 0.381. The molecule has 0 aliphatic rings. The van der Waals surface area contributed by atoms with E-state index in [4.69, 9.17) is 15.7 Å². The zero-order valence-corrected chi connectivity index (χ0v) is 12.4. The van der Waals surface area contributed by atoms with Gasteiger partial charge in [0.15, 0.2) is 5.84 Å². The highest BCUT2D eigenvalue weighted by Gasteiger charge is 2.06. The lowest BCUT2D eigenvalue weighted by Crippen LogP contribution is -2.15. The van der Waals surface area contributed by atoms with Crippen molar-refractivity contribution in [1.29, 1.82) is 0 Å². The Balaban J connectivity index is 1.99. The highest BCUT2D eigenvalue weighted by atomic mass is 79.9. The van der Waals surface area contributed by atoms with Gasteiger partial charge in [0.25, 0.3) is 0 Å². The van der Waals surface area contributed by atoms with Crippen molar-refractivity contribution < 1.29 is 9.94 Å². The maximum Gasteiger partial charge on any atom is 0.170 e. The Bertz CT molecular complexity index is 597. The van der Waals surface area contributed by atoms with Crippen molar-refractivity contribution in [3.8, 4) is 0 Å². The van der Waals surface area contributed by atoms with Crippen LogP contribution in [0, 0.1) is 0 Å². The molecule has 0 saturated carbocycles. The smallest absolute Gasteiger partial charge is 0.170 e. The molecule has 0 atom stereocenters. The molecule has 0 heterocycles. The molecule has 0 amide bonds. The summed E-state index contributed by atoms with van der Waals surface area (Å²) in [6.45, 7) is 0.917. The number of hydrogen-bond acceptors (Lipinski definition) is 3. The minimum absolute atomic E-state index is 0.0906. The largest absolute Gasteiger partial charge is 0.409 e. The number of hydrogen-bond donors (Lipinski definition) is 2. The first-order valence-corrected chi connectivity index (χ1v) is 6.88. The number of oxime groups is 1. The summed E-state index contributed by atoms with van der Waals surface area (Å²) < 4.78 is 6.71. The first-order chi connectivity index (χ1) is 9.70. The first kappa shape index (κ1) is 14.6. The van der Waals surface area contributed by atoms with Crippen LogP contribution in [0.4, 0.5) is 0 Å². The second-order valence-corrected chi connectivity index (χ2v) is 5.18. The standard InChI is InChI=1S/C15H15BrN2O2/c16-13-7-5-11(6-8-13)9-20-10-12-3-1-2-4-14(12)15(17)18-19/h1-8,19H,9-10H2,(H2,17,18). The van der Waals surface area contributed by atoms with Gasteiger partial charge in [0.1, 0.15) is 0 Å². The number of nitrogens with zero attached hydrogens (tertiary/aromatic N) is 1. The maximum atomic E-state index is 8.76. The van der Waals surface area contributed by atoms with Crippen molar-refractivity contribution >= 4 is 21.8 Å². The Morgan fingerprint density at radius 1 is 1.10 bits per heavy atom. The van der Waals surface area contributed by atoms with Gasteiger partial charge in [0, 0.05) is 10.0 Å². The van der Waals surface area contributed by atoms with Crippen LogP contribution in [0.25, 0.3) is 0 Å². The summed E-state index contributed by atoms with van der Waals surface area (Å²) in [4.78, 5) is 0. The van der Waals surface area contributed by atoms with Gasteiger partial charge >= 0.3 is 0 Å². The molecule has 4 nitrogen and oxygen atoms in total. The SMILES string of the molecule is N/C(=N/O)c1ccccc1COCc1ccc(Br)cc1. The lowest BCUT2D eigenvalue weighted by Gasteiger charge is -2.09. The fourth-order valence-electron chi connectivity index (χ4n) is 1.81. The molecule has 0 saturated heterocycles. The van der Waals surface area contributed by atoms with E-state index in [1.54, 1.807) is 6.07 Å². The molecular weight excluding hydrogens is 320 g/mol. The van der Waals surface area contributed by atoms with Gasteiger partial charge in [0.05, 0.1) is 13.2 Å². The number of benzene rings is 2. The van der Waals surface area contributed by atoms with Crippen LogP contribution in [0.3, 0.4) is 0 Å². The lowest BCUT2D eigenvalue weighted by atomic mass is 10.1. The third-order valence-corrected chi connectivity index (χ3v) is 3.37. The molecule has 0 bridgehead atoms. The number of amidine groups is 1. The number of ether oxygens (including phenoxy) is 1. The van der Waals surface area contributed by atoms with E-state index in [2.05, 4.69) is 21.1 Å². The lowest BCUT2D eigenvalue weighted by molar-refractivity contribution is 0.107. The van der Waals surface area contributed by atoms with Crippen LogP contribution in [0.15, 0.2) is 58.2 Å². The van der Waals surface area contributed by atoms with Crippen LogP contribution in [-0.2, 0) is 18.0 Å². The minimum atomic E-state index is 0.0906. The van der Waals surface area contributed by atoms with E-state index in [9.17, 15) is 0 Å². The van der Waals surface area contributed by atoms with Crippen molar-refractivity contribution in [1.82, 2.24) is 0 Å². The molecule has 3 N–H and O–H groups in total. The molecule has 104 valence electrons. The molecule has 0 spiro atoms. The summed E-state index contributed by atoms with van der Waals surface area (Å²) in [7, 11) is 0. The highest BCUT2D eigenvalue weighted by molar-refractivity contribution is 9.10. The van der Waals surface area contributed by atoms with Crippen molar-refractivity contribution in [2.45, 2.75) is 13.2 Å². The molecule has 0 radical (unpaired) electrons. The Morgan fingerprint density at radius 3 is 2.50 bits per heavy atom. The molecule has 20 heavy (non-hydrogen) atoms. The van der Waals surface area contributed by atoms with E-state index in [-0.39, 0.29) is 5.84 Å². The van der Waals surface area contributed by atoms with Gasteiger partial charge in [-0.3, -0.25) is 0 Å². The Kier molecular flexibility index (Phi) is 5.15. The van der Waals surface area contributed by atoms with Crippen LogP contribution >= 0.6 is 15.9 Å². The monoisotopic (exact) mass is 334 g/mol. The fourth-order valence-corrected chi connectivity index (χ4v) is 2.07. The van der Waals surface area contributed by atoms with Crippen LogP contribution in [0.2, 0.25) is 0 Å². The summed E-state index contributed by atoms with van der Waals surface area (Å²) in [6.07, 6.45) is 0. The topological polar surface area (TPSA) is 67.8 Å². The summed E-state index contributed by atoms with van der Waals surface area (Å²) >= 11 is 3.39. The van der Waals surface area contributed by atoms with E-state index in [1.165, 1.54) is 0 Å². The van der Waals surface area contributed by atoms with Gasteiger partial charge < -0.3 is 15.7 Å². The molecule has 5 heteroatoms. The van der Waals surface area contributed by atoms with E-state index >= 15 is 0 Å². The van der Waals surface area contributed by atoms with Gasteiger partial charge in [-0.15, -0.1) is 0 Å². The van der Waals surface area contributed by atoms with Crippen LogP contribution in [0.1, 0.15) is 16.7 Å². The zero-order valence-electron chi connectivity index (χ0n) is 10.8. The summed E-state index contributed by atoms with van der Waals surface area (Å²) in [5, 5.41) is 11.8. The van der Waals surface area contributed by atoms with Gasteiger partial charge in [0.2, 0.25) is 0 Å². The number of rotatable bonds is 5. The average Bonchev–Trinajstić information content (AvgIpc) is 2.49. The number of halogens is 1. The third-order valence-electron chi connectivity index (χ3n) is 2.84. The Hall–Kier alpha value is -1.85. The van der Waals surface area contributed by atoms with Crippen LogP contribution in [0.5, 0.6) is 0 Å². The van der Waals surface area contributed by atoms with Gasteiger partial charge in [-0.25, -0.2) is 0 Å². The second-order valence-electron chi connectivity index (χ2n) is 4.26. The van der Waals surface area contributed by atoms with Crippen molar-refractivity contribution in [3.63, 3.8) is 0 Å². The highest BCUT2D eigenvalue weighted by Crippen LogP contribution is 2.14. The Morgan fingerprint density at radius 2 is 1.80 bits per heavy atom. The van der Waals surface area contributed by atoms with Crippen LogP contribution in [-0.4, -0.2) is 11.0 Å². The van der Waals surface area contributed by atoms with E-state index < -0.39 is 0 Å². The van der Waals surface area contributed by atoms with E-state index in [0.29, 0.717) is 18.8 Å². The van der Waals surface area contributed by atoms with Gasteiger partial charge in [-0.2, -0.15) is 0 Å². The van der Waals surface area contributed by atoms with E-state index in [1.807, 2.05) is 42.5 Å². The number of nitrogens with two attached hydrogens (primary N) is 1. The molecule has 0 aromatic heterocycles. The normalized spacial score (nSPS) is 11.6. The predicted octanol–water partition coefficient (Wildman–Crippen LogP) is 3.26. The minimum Gasteiger partial charge on any atom is -0.409 e. The first-order valence-electron chi connectivity index (χ1n) is 6.08. The second kappa shape index (κ2) is 7.07. The van der Waals surface area contributed by atoms with Crippen molar-refractivity contribution in [2.75, 3.05) is 0 Å². The molecule has 2 aromatic rings. The summed E-state index contributed by atoms with van der Waals surface area (Å²) in [6, 6.07) is 15.4. The third kappa shape index (κ3) is 3.82. The molecule has 0 fully saturated rings. The van der Waals surface area contributed by atoms with Gasteiger partial charge in [-0.05, 0) is 23.3 Å². The summed E-state index contributed by atoms with van der Waals surface area (Å²) in [5.41, 5.74) is 8.30. The molecule has 0 aliphatic carbocycles. The van der Waals surface area contributed by atoms with Gasteiger partial charge in [-0.1, -0.05) is 57.5 Å². The maximum absolute atomic E-state index is 8.76. The molecule has 0 aliphatic heterocycles. The average molecular weight is 335 g/mol. The molecule has 2 aromatic carbocycles. The summed E-state index contributed by atoms with van der Waals surface area (Å²) in [5.74, 6) is 0.0906. The van der Waals surface area contributed by atoms with E-state index in [0.717, 1.165) is 15.6 Å². The fraction of sp³-hybridized carbons (Fsp3) is 0.133. The van der Waals surface area contributed by atoms with Crippen molar-refractivity contribution in [3.05, 3.63) is 69.7 Å². The predicted molar refractivity (Wildman–Crippen MR) is 81.6 cm³/mol.